The number of methoxy groups -OCH3 is 1. The molecular formula is C12H9BrN2O3S2. The molecule has 1 N–H and O–H groups in total. The van der Waals surface area contributed by atoms with Gasteiger partial charge in [0.2, 0.25) is 0 Å². The van der Waals surface area contributed by atoms with Crippen LogP contribution in [-0.4, -0.2) is 40.0 Å². The number of benzene rings is 1. The SMILES string of the molecule is COc1ccc(Br)c2sc(C3=NC(C(=O)O)CS3)nc12. The van der Waals surface area contributed by atoms with Gasteiger partial charge in [0.15, 0.2) is 6.04 Å². The highest BCUT2D eigenvalue weighted by Gasteiger charge is 2.27. The number of halogens is 1. The van der Waals surface area contributed by atoms with E-state index in [-0.39, 0.29) is 0 Å². The minimum Gasteiger partial charge on any atom is -0.494 e. The van der Waals surface area contributed by atoms with Gasteiger partial charge in [0.05, 0.1) is 11.8 Å². The molecule has 0 radical (unpaired) electrons. The zero-order valence-electron chi connectivity index (χ0n) is 10.3. The Bertz CT molecular complexity index is 729. The number of carbonyl (C=O) groups is 1. The molecule has 0 bridgehead atoms. The van der Waals surface area contributed by atoms with Crippen LogP contribution in [0.1, 0.15) is 5.01 Å². The van der Waals surface area contributed by atoms with Crippen molar-refractivity contribution in [1.82, 2.24) is 4.98 Å². The summed E-state index contributed by atoms with van der Waals surface area (Å²) in [7, 11) is 1.60. The summed E-state index contributed by atoms with van der Waals surface area (Å²) in [6, 6.07) is 3.08. The number of aliphatic imine (C=N–C) groups is 1. The van der Waals surface area contributed by atoms with Crippen LogP contribution in [0.4, 0.5) is 0 Å². The molecule has 0 fully saturated rings. The number of aromatic nitrogens is 1. The van der Waals surface area contributed by atoms with Crippen LogP contribution in [0.25, 0.3) is 10.2 Å². The van der Waals surface area contributed by atoms with E-state index in [1.807, 2.05) is 12.1 Å². The number of fused-ring (bicyclic) bond motifs is 1. The predicted molar refractivity (Wildman–Crippen MR) is 84.3 cm³/mol. The van der Waals surface area contributed by atoms with Crippen molar-refractivity contribution in [2.45, 2.75) is 6.04 Å². The molecular weight excluding hydrogens is 364 g/mol. The van der Waals surface area contributed by atoms with Crippen molar-refractivity contribution in [3.63, 3.8) is 0 Å². The van der Waals surface area contributed by atoms with Crippen molar-refractivity contribution in [3.05, 3.63) is 21.6 Å². The van der Waals surface area contributed by atoms with Gasteiger partial charge in [-0.2, -0.15) is 0 Å². The lowest BCUT2D eigenvalue weighted by Gasteiger charge is -2.00. The van der Waals surface area contributed by atoms with E-state index in [1.54, 1.807) is 7.11 Å². The third-order valence-corrected chi connectivity index (χ3v) is 6.00. The lowest BCUT2D eigenvalue weighted by molar-refractivity contribution is -0.137. The number of rotatable bonds is 3. The second-order valence-corrected chi connectivity index (χ2v) is 6.91. The van der Waals surface area contributed by atoms with Gasteiger partial charge in [-0.05, 0) is 28.1 Å². The number of carboxylic acids is 1. The first-order chi connectivity index (χ1) is 9.60. The van der Waals surface area contributed by atoms with Crippen LogP contribution in [0.15, 0.2) is 21.6 Å². The van der Waals surface area contributed by atoms with Crippen LogP contribution in [0.5, 0.6) is 5.75 Å². The molecule has 0 spiro atoms. The van der Waals surface area contributed by atoms with Crippen LogP contribution < -0.4 is 4.74 Å². The van der Waals surface area contributed by atoms with E-state index in [2.05, 4.69) is 25.9 Å². The molecule has 1 aliphatic heterocycles. The quantitative estimate of drug-likeness (QED) is 0.896. The average Bonchev–Trinajstić information content (AvgIpc) is 3.06. The zero-order chi connectivity index (χ0) is 14.3. The molecule has 3 rings (SSSR count). The van der Waals surface area contributed by atoms with E-state index in [0.717, 1.165) is 19.7 Å². The third-order valence-electron chi connectivity index (χ3n) is 2.80. The lowest BCUT2D eigenvalue weighted by Crippen LogP contribution is -2.17. The van der Waals surface area contributed by atoms with Gasteiger partial charge in [0.25, 0.3) is 0 Å². The summed E-state index contributed by atoms with van der Waals surface area (Å²) in [6.07, 6.45) is 0. The van der Waals surface area contributed by atoms with Gasteiger partial charge in [-0.3, -0.25) is 4.99 Å². The highest BCUT2D eigenvalue weighted by molar-refractivity contribution is 9.10. The van der Waals surface area contributed by atoms with Crippen LogP contribution >= 0.6 is 39.0 Å². The van der Waals surface area contributed by atoms with Crippen molar-refractivity contribution in [2.75, 3.05) is 12.9 Å². The molecule has 0 saturated carbocycles. The van der Waals surface area contributed by atoms with E-state index >= 15 is 0 Å². The van der Waals surface area contributed by atoms with Gasteiger partial charge >= 0.3 is 5.97 Å². The normalized spacial score (nSPS) is 18.3. The molecule has 8 heteroatoms. The number of thiazole rings is 1. The standard InChI is InChI=1S/C12H9BrN2O3S2/c1-18-7-3-2-5(13)9-8(7)15-11(20-9)10-14-6(4-19-10)12(16)17/h2-3,6H,4H2,1H3,(H,16,17). The topological polar surface area (TPSA) is 71.8 Å². The summed E-state index contributed by atoms with van der Waals surface area (Å²) in [5.74, 6) is 0.260. The minimum atomic E-state index is -0.896. The highest BCUT2D eigenvalue weighted by Crippen LogP contribution is 2.37. The largest absolute Gasteiger partial charge is 0.494 e. The summed E-state index contributed by atoms with van der Waals surface area (Å²) in [5.41, 5.74) is 0.768. The van der Waals surface area contributed by atoms with Gasteiger partial charge in [-0.25, -0.2) is 9.78 Å². The number of hydrogen-bond donors (Lipinski definition) is 1. The zero-order valence-corrected chi connectivity index (χ0v) is 13.5. The summed E-state index contributed by atoms with van der Waals surface area (Å²) < 4.78 is 7.21. The molecule has 104 valence electrons. The molecule has 1 atom stereocenters. The first-order valence-electron chi connectivity index (χ1n) is 5.67. The molecule has 0 amide bonds. The lowest BCUT2D eigenvalue weighted by atomic mass is 10.3. The molecule has 0 saturated heterocycles. The molecule has 5 nitrogen and oxygen atoms in total. The Hall–Kier alpha value is -1.12. The number of hydrogen-bond acceptors (Lipinski definition) is 6. The number of ether oxygens (including phenoxy) is 1. The molecule has 1 aromatic heterocycles. The maximum Gasteiger partial charge on any atom is 0.329 e. The molecule has 1 aliphatic rings. The monoisotopic (exact) mass is 372 g/mol. The van der Waals surface area contributed by atoms with Crippen LogP contribution in [0, 0.1) is 0 Å². The third kappa shape index (κ3) is 2.32. The maximum absolute atomic E-state index is 10.9. The van der Waals surface area contributed by atoms with E-state index in [0.29, 0.717) is 16.5 Å². The molecule has 2 heterocycles. The van der Waals surface area contributed by atoms with E-state index in [9.17, 15) is 4.79 Å². The molecule has 2 aromatic rings. The average molecular weight is 373 g/mol. The summed E-state index contributed by atoms with van der Waals surface area (Å²) in [5, 5.41) is 10.4. The van der Waals surface area contributed by atoms with Crippen molar-refractivity contribution < 1.29 is 14.6 Å². The fourth-order valence-corrected chi connectivity index (χ4v) is 4.47. The van der Waals surface area contributed by atoms with Crippen molar-refractivity contribution >= 4 is 60.3 Å². The molecule has 0 aliphatic carbocycles. The fourth-order valence-electron chi connectivity index (χ4n) is 1.83. The van der Waals surface area contributed by atoms with Gasteiger partial charge in [0, 0.05) is 10.2 Å². The van der Waals surface area contributed by atoms with Crippen LogP contribution in [0.2, 0.25) is 0 Å². The Morgan fingerprint density at radius 1 is 1.55 bits per heavy atom. The van der Waals surface area contributed by atoms with E-state index in [1.165, 1.54) is 23.1 Å². The smallest absolute Gasteiger partial charge is 0.329 e. The number of thioether (sulfide) groups is 1. The Morgan fingerprint density at radius 3 is 3.00 bits per heavy atom. The van der Waals surface area contributed by atoms with E-state index in [4.69, 9.17) is 9.84 Å². The Kier molecular flexibility index (Phi) is 3.70. The number of carboxylic acid groups (broad SMARTS) is 1. The van der Waals surface area contributed by atoms with Gasteiger partial charge < -0.3 is 9.84 Å². The second kappa shape index (κ2) is 5.34. The van der Waals surface area contributed by atoms with Crippen molar-refractivity contribution in [1.29, 1.82) is 0 Å². The van der Waals surface area contributed by atoms with Crippen LogP contribution in [0.3, 0.4) is 0 Å². The van der Waals surface area contributed by atoms with Gasteiger partial charge in [-0.15, -0.1) is 23.1 Å². The first kappa shape index (κ1) is 13.8. The Labute approximate surface area is 131 Å². The Morgan fingerprint density at radius 2 is 2.35 bits per heavy atom. The van der Waals surface area contributed by atoms with Gasteiger partial charge in [0.1, 0.15) is 21.3 Å². The van der Waals surface area contributed by atoms with Crippen molar-refractivity contribution in [3.8, 4) is 5.75 Å². The number of nitrogens with zero attached hydrogens (tertiary/aromatic N) is 2. The highest BCUT2D eigenvalue weighted by atomic mass is 79.9. The molecule has 20 heavy (non-hydrogen) atoms. The summed E-state index contributed by atoms with van der Waals surface area (Å²) >= 11 is 6.40. The molecule has 1 unspecified atom stereocenters. The Balaban J connectivity index is 2.08. The fraction of sp³-hybridized carbons (Fsp3) is 0.250. The molecule has 1 aromatic carbocycles. The van der Waals surface area contributed by atoms with Crippen LogP contribution in [-0.2, 0) is 4.79 Å². The number of aliphatic carboxylic acids is 1. The summed E-state index contributed by atoms with van der Waals surface area (Å²) in [4.78, 5) is 19.7. The minimum absolute atomic E-state index is 0.457. The maximum atomic E-state index is 10.9. The van der Waals surface area contributed by atoms with Gasteiger partial charge in [-0.1, -0.05) is 0 Å². The summed E-state index contributed by atoms with van der Waals surface area (Å²) in [6.45, 7) is 0. The first-order valence-corrected chi connectivity index (χ1v) is 8.26. The predicted octanol–water partition coefficient (Wildman–Crippen LogP) is 3.01. The second-order valence-electron chi connectivity index (χ2n) is 4.05. The van der Waals surface area contributed by atoms with E-state index < -0.39 is 12.0 Å². The van der Waals surface area contributed by atoms with Crippen molar-refractivity contribution in [2.24, 2.45) is 4.99 Å².